The van der Waals surface area contributed by atoms with Crippen molar-refractivity contribution in [2.75, 3.05) is 26.7 Å². The van der Waals surface area contributed by atoms with Gasteiger partial charge in [0.05, 0.1) is 25.1 Å². The Hall–Kier alpha value is -3.50. The topological polar surface area (TPSA) is 62.7 Å². The summed E-state index contributed by atoms with van der Waals surface area (Å²) in [5, 5.41) is 10.5. The van der Waals surface area contributed by atoms with Crippen molar-refractivity contribution in [3.63, 3.8) is 0 Å². The van der Waals surface area contributed by atoms with Gasteiger partial charge < -0.3 is 9.84 Å². The van der Waals surface area contributed by atoms with Gasteiger partial charge in [0.15, 0.2) is 0 Å². The molecule has 3 aromatic rings. The summed E-state index contributed by atoms with van der Waals surface area (Å²) in [6.07, 6.45) is 1.76. The molecule has 35 heavy (non-hydrogen) atoms. The molecule has 0 unspecified atom stereocenters. The van der Waals surface area contributed by atoms with E-state index < -0.39 is 18.1 Å². The molecule has 5 nitrogen and oxygen atoms in total. The molecule has 1 aromatic heterocycles. The zero-order chi connectivity index (χ0) is 24.8. The summed E-state index contributed by atoms with van der Waals surface area (Å²) in [5.41, 5.74) is 1.83. The number of carboxylic acids is 1. The summed E-state index contributed by atoms with van der Waals surface area (Å²) in [5.74, 6) is 4.67. The lowest BCUT2D eigenvalue weighted by molar-refractivity contribution is -0.146. The number of alkyl halides is 1. The molecule has 4 rings (SSSR count). The van der Waals surface area contributed by atoms with Gasteiger partial charge in [0, 0.05) is 23.7 Å². The fourth-order valence-electron chi connectivity index (χ4n) is 4.72. The zero-order valence-electron chi connectivity index (χ0n) is 19.6. The van der Waals surface area contributed by atoms with E-state index in [-0.39, 0.29) is 18.2 Å². The molecule has 0 radical (unpaired) electrons. The van der Waals surface area contributed by atoms with E-state index in [1.807, 2.05) is 4.90 Å². The van der Waals surface area contributed by atoms with Crippen LogP contribution in [0.15, 0.2) is 54.7 Å². The summed E-state index contributed by atoms with van der Waals surface area (Å²) < 4.78 is 33.9. The number of methoxy groups -OCH3 is 1. The van der Waals surface area contributed by atoms with E-state index in [4.69, 9.17) is 4.74 Å². The van der Waals surface area contributed by atoms with E-state index in [2.05, 4.69) is 16.8 Å². The molecule has 0 amide bonds. The third kappa shape index (κ3) is 6.14. The Morgan fingerprint density at radius 1 is 1.29 bits per heavy atom. The molecule has 0 bridgehead atoms. The number of ether oxygens (including phenoxy) is 1. The number of rotatable bonds is 7. The summed E-state index contributed by atoms with van der Waals surface area (Å²) in [6.45, 7) is 1.46. The highest BCUT2D eigenvalue weighted by atomic mass is 19.1. The van der Waals surface area contributed by atoms with E-state index in [0.717, 1.165) is 0 Å². The third-order valence-electron chi connectivity index (χ3n) is 6.63. The molecule has 1 N–H and O–H groups in total. The molecule has 2 heterocycles. The van der Waals surface area contributed by atoms with Gasteiger partial charge in [-0.25, -0.2) is 8.78 Å². The van der Waals surface area contributed by atoms with Crippen molar-refractivity contribution in [2.45, 2.75) is 25.4 Å². The van der Waals surface area contributed by atoms with Crippen LogP contribution < -0.4 is 4.74 Å². The monoisotopic (exact) mass is 478 g/mol. The van der Waals surface area contributed by atoms with Crippen molar-refractivity contribution >= 4 is 16.9 Å². The van der Waals surface area contributed by atoms with Gasteiger partial charge in [-0.1, -0.05) is 17.9 Å². The van der Waals surface area contributed by atoms with Gasteiger partial charge in [-0.05, 0) is 79.8 Å². The fourth-order valence-corrected chi connectivity index (χ4v) is 4.72. The molecule has 0 spiro atoms. The Bertz CT molecular complexity index is 1250. The molecule has 182 valence electrons. The standard InChI is InChI=1S/C28H28F2N2O3/c1-35-22-8-10-27-24(17-22)23(11-13-31-27)26(30)9-7-20-12-15-32(18-25(20)28(33)34)14-3-5-19-4-2-6-21(29)16-19/h2,4,6,8,10-11,13,16-17,20,25-26H,7,9,12,14-15,18H2,1H3,(H,33,34)/t20-,25+,26-/m1/s1. The van der Waals surface area contributed by atoms with Gasteiger partial charge in [-0.2, -0.15) is 0 Å². The number of fused-ring (bicyclic) bond motifs is 1. The average Bonchev–Trinajstić information content (AvgIpc) is 2.87. The van der Waals surface area contributed by atoms with Crippen LogP contribution in [-0.4, -0.2) is 47.7 Å². The van der Waals surface area contributed by atoms with Crippen molar-refractivity contribution < 1.29 is 23.4 Å². The third-order valence-corrected chi connectivity index (χ3v) is 6.63. The number of carbonyl (C=O) groups is 1. The summed E-state index contributed by atoms with van der Waals surface area (Å²) in [7, 11) is 1.57. The first-order valence-corrected chi connectivity index (χ1v) is 11.7. The molecule has 1 aliphatic heterocycles. The Morgan fingerprint density at radius 3 is 2.91 bits per heavy atom. The first kappa shape index (κ1) is 24.6. The van der Waals surface area contributed by atoms with Gasteiger partial charge in [0.25, 0.3) is 0 Å². The maximum atomic E-state index is 15.3. The number of hydrogen-bond donors (Lipinski definition) is 1. The molecule has 0 aliphatic carbocycles. The van der Waals surface area contributed by atoms with Crippen LogP contribution in [-0.2, 0) is 4.79 Å². The summed E-state index contributed by atoms with van der Waals surface area (Å²) in [6, 6.07) is 13.1. The van der Waals surface area contributed by atoms with Crippen LogP contribution in [0.3, 0.4) is 0 Å². The van der Waals surface area contributed by atoms with Crippen LogP contribution in [0.2, 0.25) is 0 Å². The number of benzene rings is 2. The maximum Gasteiger partial charge on any atom is 0.308 e. The second kappa shape index (κ2) is 11.3. The van der Waals surface area contributed by atoms with E-state index >= 15 is 4.39 Å². The largest absolute Gasteiger partial charge is 0.497 e. The van der Waals surface area contributed by atoms with Crippen molar-refractivity contribution in [2.24, 2.45) is 11.8 Å². The van der Waals surface area contributed by atoms with Gasteiger partial charge in [0.2, 0.25) is 0 Å². The van der Waals surface area contributed by atoms with Crippen molar-refractivity contribution in [1.29, 1.82) is 0 Å². The number of piperidine rings is 1. The highest BCUT2D eigenvalue weighted by Crippen LogP contribution is 2.35. The number of nitrogens with zero attached hydrogens (tertiary/aromatic N) is 2. The minimum Gasteiger partial charge on any atom is -0.497 e. The lowest BCUT2D eigenvalue weighted by Gasteiger charge is -2.35. The quantitative estimate of drug-likeness (QED) is 0.470. The first-order valence-electron chi connectivity index (χ1n) is 11.7. The van der Waals surface area contributed by atoms with Crippen molar-refractivity contribution in [3.8, 4) is 17.6 Å². The number of halogens is 2. The van der Waals surface area contributed by atoms with E-state index in [1.54, 1.807) is 49.7 Å². The average molecular weight is 479 g/mol. The Balaban J connectivity index is 1.38. The summed E-state index contributed by atoms with van der Waals surface area (Å²) in [4.78, 5) is 18.3. The second-order valence-electron chi connectivity index (χ2n) is 8.87. The van der Waals surface area contributed by atoms with Crippen LogP contribution in [0.25, 0.3) is 10.9 Å². The lowest BCUT2D eigenvalue weighted by atomic mass is 9.81. The highest BCUT2D eigenvalue weighted by molar-refractivity contribution is 5.83. The second-order valence-corrected chi connectivity index (χ2v) is 8.87. The Labute approximate surface area is 203 Å². The minimum atomic E-state index is -1.22. The molecule has 1 aliphatic rings. The number of carboxylic acid groups (broad SMARTS) is 1. The number of likely N-dealkylation sites (tertiary alicyclic amines) is 1. The molecule has 3 atom stereocenters. The van der Waals surface area contributed by atoms with Crippen molar-refractivity contribution in [1.82, 2.24) is 9.88 Å². The Kier molecular flexibility index (Phi) is 7.94. The lowest BCUT2D eigenvalue weighted by Crippen LogP contribution is -2.44. The molecule has 1 fully saturated rings. The Morgan fingerprint density at radius 2 is 2.14 bits per heavy atom. The van der Waals surface area contributed by atoms with Gasteiger partial charge in [-0.15, -0.1) is 0 Å². The molecular formula is C28H28F2N2O3. The van der Waals surface area contributed by atoms with Gasteiger partial charge in [-0.3, -0.25) is 14.7 Å². The molecule has 2 aromatic carbocycles. The number of aliphatic carboxylic acids is 1. The number of pyridine rings is 1. The predicted octanol–water partition coefficient (Wildman–Crippen LogP) is 5.25. The number of aromatic nitrogens is 1. The van der Waals surface area contributed by atoms with Crippen LogP contribution in [0, 0.1) is 29.5 Å². The summed E-state index contributed by atoms with van der Waals surface area (Å²) >= 11 is 0. The number of hydrogen-bond acceptors (Lipinski definition) is 4. The van der Waals surface area contributed by atoms with Gasteiger partial charge >= 0.3 is 5.97 Å². The first-order chi connectivity index (χ1) is 16.9. The van der Waals surface area contributed by atoms with Gasteiger partial charge in [0.1, 0.15) is 17.7 Å². The van der Waals surface area contributed by atoms with E-state index in [1.165, 1.54) is 12.1 Å². The SMILES string of the molecule is COc1ccc2nccc([C@H](F)CC[C@@H]3CCN(CC#Cc4cccc(F)c4)C[C@@H]3C(=O)O)c2c1. The minimum absolute atomic E-state index is 0.110. The normalized spacial score (nSPS) is 19.1. The van der Waals surface area contributed by atoms with Crippen molar-refractivity contribution in [3.05, 3.63) is 71.7 Å². The van der Waals surface area contributed by atoms with Crippen LogP contribution in [0.4, 0.5) is 8.78 Å². The smallest absolute Gasteiger partial charge is 0.308 e. The van der Waals surface area contributed by atoms with E-state index in [9.17, 15) is 14.3 Å². The van der Waals surface area contributed by atoms with E-state index in [0.29, 0.717) is 60.3 Å². The fraction of sp³-hybridized carbons (Fsp3) is 0.357. The molecule has 0 saturated carbocycles. The van der Waals surface area contributed by atoms with Crippen LogP contribution in [0.1, 0.15) is 36.6 Å². The molecule has 1 saturated heterocycles. The zero-order valence-corrected chi connectivity index (χ0v) is 19.6. The molecular weight excluding hydrogens is 450 g/mol. The predicted molar refractivity (Wildman–Crippen MR) is 130 cm³/mol. The van der Waals surface area contributed by atoms with Crippen LogP contribution >= 0.6 is 0 Å². The maximum absolute atomic E-state index is 15.3. The molecule has 7 heteroatoms. The van der Waals surface area contributed by atoms with Crippen LogP contribution in [0.5, 0.6) is 5.75 Å². The highest BCUT2D eigenvalue weighted by Gasteiger charge is 2.34.